The number of aromatic nitrogens is 2. The van der Waals surface area contributed by atoms with Crippen LogP contribution in [0.4, 0.5) is 5.95 Å². The highest BCUT2D eigenvalue weighted by Crippen LogP contribution is 2.33. The van der Waals surface area contributed by atoms with E-state index in [2.05, 4.69) is 9.97 Å². The van der Waals surface area contributed by atoms with Crippen molar-refractivity contribution in [1.29, 1.82) is 0 Å². The van der Waals surface area contributed by atoms with Crippen LogP contribution in [0.5, 0.6) is 0 Å². The number of amides is 1. The highest BCUT2D eigenvalue weighted by atomic mass is 35.5. The molecule has 7 heteroatoms. The molecule has 126 valence electrons. The topological polar surface area (TPSA) is 75.3 Å². The van der Waals surface area contributed by atoms with Gasteiger partial charge in [-0.3, -0.25) is 4.79 Å². The van der Waals surface area contributed by atoms with Crippen molar-refractivity contribution in [2.45, 2.75) is 20.0 Å². The lowest BCUT2D eigenvalue weighted by Gasteiger charge is -2.18. The normalized spacial score (nSPS) is 13.5. The average molecular weight is 346 g/mol. The molecule has 0 saturated heterocycles. The highest BCUT2D eigenvalue weighted by Gasteiger charge is 2.29. The second kappa shape index (κ2) is 6.37. The third-order valence-corrected chi connectivity index (χ3v) is 4.28. The summed E-state index contributed by atoms with van der Waals surface area (Å²) in [5.41, 5.74) is 10.4. The molecule has 1 aromatic heterocycles. The number of rotatable bonds is 3. The van der Waals surface area contributed by atoms with E-state index in [0.29, 0.717) is 24.7 Å². The number of fused-ring (bicyclic) bond motifs is 1. The Hall–Kier alpha value is -2.18. The first-order valence-electron chi connectivity index (χ1n) is 7.69. The number of hydrogen-bond acceptors (Lipinski definition) is 5. The third-order valence-electron chi connectivity index (χ3n) is 4.05. The number of nitrogens with two attached hydrogens (primary N) is 1. The van der Waals surface area contributed by atoms with E-state index >= 15 is 0 Å². The van der Waals surface area contributed by atoms with Crippen LogP contribution in [0.25, 0.3) is 11.3 Å². The number of benzene rings is 1. The molecule has 2 N–H and O–H groups in total. The quantitative estimate of drug-likeness (QED) is 0.921. The molecule has 1 aromatic carbocycles. The highest BCUT2D eigenvalue weighted by molar-refractivity contribution is 6.30. The minimum atomic E-state index is 0.0651. The summed E-state index contributed by atoms with van der Waals surface area (Å²) in [6, 6.07) is 5.66. The molecular weight excluding hydrogens is 326 g/mol. The van der Waals surface area contributed by atoms with Crippen molar-refractivity contribution in [2.75, 3.05) is 26.4 Å². The van der Waals surface area contributed by atoms with E-state index in [1.165, 1.54) is 0 Å². The van der Waals surface area contributed by atoms with Gasteiger partial charge in [0, 0.05) is 16.1 Å². The monoisotopic (exact) mass is 345 g/mol. The molecule has 0 fully saturated rings. The van der Waals surface area contributed by atoms with E-state index in [9.17, 15) is 4.79 Å². The Morgan fingerprint density at radius 1 is 1.33 bits per heavy atom. The zero-order valence-electron chi connectivity index (χ0n) is 14.0. The summed E-state index contributed by atoms with van der Waals surface area (Å²) in [5.74, 6) is 0.287. The number of nitrogen functional groups attached to an aromatic ring is 1. The third kappa shape index (κ3) is 3.20. The van der Waals surface area contributed by atoms with Gasteiger partial charge < -0.3 is 15.5 Å². The SMILES string of the molecule is Cc1cc(Cl)ccc1-c1nc(N)nc2c1CN(C(=O)CN(C)C)C2. The van der Waals surface area contributed by atoms with Crippen LogP contribution >= 0.6 is 11.6 Å². The maximum Gasteiger partial charge on any atom is 0.237 e. The van der Waals surface area contributed by atoms with Gasteiger partial charge >= 0.3 is 0 Å². The molecule has 3 rings (SSSR count). The summed E-state index contributed by atoms with van der Waals surface area (Å²) in [6.07, 6.45) is 0. The fourth-order valence-corrected chi connectivity index (χ4v) is 3.16. The number of anilines is 1. The van der Waals surface area contributed by atoms with Crippen molar-refractivity contribution < 1.29 is 4.79 Å². The molecule has 0 saturated carbocycles. The second-order valence-corrected chi connectivity index (χ2v) is 6.74. The number of halogens is 1. The summed E-state index contributed by atoms with van der Waals surface area (Å²) in [4.78, 5) is 24.8. The number of aryl methyl sites for hydroxylation is 1. The Morgan fingerprint density at radius 3 is 2.75 bits per heavy atom. The average Bonchev–Trinajstić information content (AvgIpc) is 2.90. The molecule has 0 spiro atoms. The first kappa shape index (κ1) is 16.7. The van der Waals surface area contributed by atoms with Gasteiger partial charge in [0.25, 0.3) is 0 Å². The lowest BCUT2D eigenvalue weighted by molar-refractivity contribution is -0.132. The number of hydrogen-bond donors (Lipinski definition) is 1. The molecule has 1 aliphatic rings. The molecule has 2 heterocycles. The molecule has 0 bridgehead atoms. The Labute approximate surface area is 146 Å². The van der Waals surface area contributed by atoms with Crippen LogP contribution < -0.4 is 5.73 Å². The summed E-state index contributed by atoms with van der Waals surface area (Å²) in [5, 5.41) is 0.678. The fourth-order valence-electron chi connectivity index (χ4n) is 2.94. The summed E-state index contributed by atoms with van der Waals surface area (Å²) in [6.45, 7) is 3.32. The first-order chi connectivity index (χ1) is 11.3. The van der Waals surface area contributed by atoms with E-state index in [1.54, 1.807) is 4.90 Å². The first-order valence-corrected chi connectivity index (χ1v) is 8.07. The van der Waals surface area contributed by atoms with Crippen LogP contribution in [0, 0.1) is 6.92 Å². The standard InChI is InChI=1S/C17H20ClN5O/c1-10-6-11(18)4-5-12(10)16-13-7-23(15(24)9-22(2)3)8-14(13)20-17(19)21-16/h4-6H,7-9H2,1-3H3,(H2,19,20,21). The molecule has 1 amide bonds. The minimum absolute atomic E-state index is 0.0651. The van der Waals surface area contributed by atoms with Crippen molar-refractivity contribution in [2.24, 2.45) is 0 Å². The van der Waals surface area contributed by atoms with Crippen LogP contribution in [0.15, 0.2) is 18.2 Å². The molecule has 0 unspecified atom stereocenters. The minimum Gasteiger partial charge on any atom is -0.368 e. The van der Waals surface area contributed by atoms with Gasteiger partial charge in [0.2, 0.25) is 11.9 Å². The molecule has 0 aliphatic carbocycles. The molecule has 0 atom stereocenters. The number of carbonyl (C=O) groups is 1. The summed E-state index contributed by atoms with van der Waals surface area (Å²) < 4.78 is 0. The van der Waals surface area contributed by atoms with Gasteiger partial charge in [-0.25, -0.2) is 9.97 Å². The molecule has 1 aliphatic heterocycles. The van der Waals surface area contributed by atoms with Crippen LogP contribution in [0.1, 0.15) is 16.8 Å². The molecule has 0 radical (unpaired) electrons. The van der Waals surface area contributed by atoms with Gasteiger partial charge in [-0.1, -0.05) is 17.7 Å². The molecule has 6 nitrogen and oxygen atoms in total. The van der Waals surface area contributed by atoms with Crippen LogP contribution in [0.3, 0.4) is 0 Å². The molecular formula is C17H20ClN5O. The van der Waals surface area contributed by atoms with E-state index in [-0.39, 0.29) is 11.9 Å². The largest absolute Gasteiger partial charge is 0.368 e. The van der Waals surface area contributed by atoms with Gasteiger partial charge in [0.15, 0.2) is 0 Å². The maximum absolute atomic E-state index is 12.4. The van der Waals surface area contributed by atoms with E-state index < -0.39 is 0 Å². The van der Waals surface area contributed by atoms with Crippen molar-refractivity contribution in [3.05, 3.63) is 40.0 Å². The smallest absolute Gasteiger partial charge is 0.237 e. The lowest BCUT2D eigenvalue weighted by atomic mass is 10.0. The maximum atomic E-state index is 12.4. The van der Waals surface area contributed by atoms with Gasteiger partial charge in [0.05, 0.1) is 31.0 Å². The van der Waals surface area contributed by atoms with Crippen molar-refractivity contribution >= 4 is 23.5 Å². The number of nitrogens with zero attached hydrogens (tertiary/aromatic N) is 4. The lowest BCUT2D eigenvalue weighted by Crippen LogP contribution is -2.34. The zero-order chi connectivity index (χ0) is 17.4. The number of likely N-dealkylation sites (N-methyl/N-ethyl adjacent to an activating group) is 1. The summed E-state index contributed by atoms with van der Waals surface area (Å²) >= 11 is 6.05. The Balaban J connectivity index is 2.00. The molecule has 24 heavy (non-hydrogen) atoms. The van der Waals surface area contributed by atoms with Crippen LogP contribution in [-0.4, -0.2) is 46.3 Å². The second-order valence-electron chi connectivity index (χ2n) is 6.30. The van der Waals surface area contributed by atoms with Gasteiger partial charge in [-0.05, 0) is 38.7 Å². The van der Waals surface area contributed by atoms with Crippen molar-refractivity contribution in [1.82, 2.24) is 19.8 Å². The Kier molecular flexibility index (Phi) is 4.43. The fraction of sp³-hybridized carbons (Fsp3) is 0.353. The van der Waals surface area contributed by atoms with E-state index in [1.807, 2.05) is 44.1 Å². The Morgan fingerprint density at radius 2 is 2.08 bits per heavy atom. The van der Waals surface area contributed by atoms with Gasteiger partial charge in [-0.15, -0.1) is 0 Å². The van der Waals surface area contributed by atoms with E-state index in [0.717, 1.165) is 28.1 Å². The van der Waals surface area contributed by atoms with E-state index in [4.69, 9.17) is 17.3 Å². The van der Waals surface area contributed by atoms with Gasteiger partial charge in [-0.2, -0.15) is 0 Å². The van der Waals surface area contributed by atoms with Crippen molar-refractivity contribution in [3.8, 4) is 11.3 Å². The van der Waals surface area contributed by atoms with Crippen LogP contribution in [0.2, 0.25) is 5.02 Å². The van der Waals surface area contributed by atoms with Crippen LogP contribution in [-0.2, 0) is 17.9 Å². The van der Waals surface area contributed by atoms with Gasteiger partial charge in [0.1, 0.15) is 0 Å². The predicted octanol–water partition coefficient (Wildman–Crippen LogP) is 2.09. The number of carbonyl (C=O) groups excluding carboxylic acids is 1. The molecule has 2 aromatic rings. The Bertz CT molecular complexity index is 806. The zero-order valence-corrected chi connectivity index (χ0v) is 14.8. The predicted molar refractivity (Wildman–Crippen MR) is 94.4 cm³/mol. The van der Waals surface area contributed by atoms with Crippen molar-refractivity contribution in [3.63, 3.8) is 0 Å². The summed E-state index contributed by atoms with van der Waals surface area (Å²) in [7, 11) is 3.75.